The van der Waals surface area contributed by atoms with Crippen LogP contribution in [0.2, 0.25) is 0 Å². The molecule has 0 bridgehead atoms. The topological polar surface area (TPSA) is 91.3 Å². The summed E-state index contributed by atoms with van der Waals surface area (Å²) in [6.45, 7) is 5.61. The highest BCUT2D eigenvalue weighted by molar-refractivity contribution is 7.47. The van der Waals surface area contributed by atoms with E-state index in [-0.39, 0.29) is 25.8 Å². The van der Waals surface area contributed by atoms with Crippen LogP contribution in [0.5, 0.6) is 0 Å². The van der Waals surface area contributed by atoms with Crippen LogP contribution >= 0.6 is 7.82 Å². The molecule has 0 fully saturated rings. The molecule has 0 aliphatic rings. The number of hydrogen-bond acceptors (Lipinski definition) is 6. The van der Waals surface area contributed by atoms with E-state index in [1.165, 1.54) is 141 Å². The van der Waals surface area contributed by atoms with Gasteiger partial charge in [-0.05, 0) is 32.1 Å². The standard InChI is InChI=1S/C42H84NO7P/c1-6-8-10-12-14-16-18-20-21-22-23-24-25-27-29-31-33-35-42(44)50-41(40-49-51(45,46)48-38-36-43(3,4)5)39-47-37-34-32-30-28-26-19-17-15-13-11-9-7-2/h13,15,41H,6-12,14,16-40H2,1-5H3/p+1/b15-13-. The van der Waals surface area contributed by atoms with Gasteiger partial charge in [-0.1, -0.05) is 167 Å². The first-order valence-electron chi connectivity index (χ1n) is 21.4. The molecule has 0 saturated heterocycles. The molecular formula is C42H85NO7P+. The first-order valence-corrected chi connectivity index (χ1v) is 22.9. The van der Waals surface area contributed by atoms with Gasteiger partial charge in [0.1, 0.15) is 19.3 Å². The average Bonchev–Trinajstić information content (AvgIpc) is 3.08. The van der Waals surface area contributed by atoms with Crippen LogP contribution in [0.25, 0.3) is 0 Å². The molecule has 1 N–H and O–H groups in total. The highest BCUT2D eigenvalue weighted by atomic mass is 31.2. The van der Waals surface area contributed by atoms with Crippen LogP contribution in [0.15, 0.2) is 12.2 Å². The Morgan fingerprint density at radius 3 is 1.55 bits per heavy atom. The Morgan fingerprint density at radius 1 is 0.588 bits per heavy atom. The van der Waals surface area contributed by atoms with E-state index in [1.54, 1.807) is 0 Å². The van der Waals surface area contributed by atoms with E-state index >= 15 is 0 Å². The molecule has 2 atom stereocenters. The fraction of sp³-hybridized carbons (Fsp3) is 0.929. The maximum absolute atomic E-state index is 12.7. The second-order valence-corrected chi connectivity index (χ2v) is 17.2. The summed E-state index contributed by atoms with van der Waals surface area (Å²) in [5, 5.41) is 0. The minimum atomic E-state index is -4.27. The highest BCUT2D eigenvalue weighted by Crippen LogP contribution is 2.43. The van der Waals surface area contributed by atoms with E-state index in [2.05, 4.69) is 26.0 Å². The largest absolute Gasteiger partial charge is 0.472 e. The number of quaternary nitrogens is 1. The first-order chi connectivity index (χ1) is 24.6. The molecule has 9 heteroatoms. The van der Waals surface area contributed by atoms with Gasteiger partial charge in [0.15, 0.2) is 0 Å². The van der Waals surface area contributed by atoms with Gasteiger partial charge in [-0.2, -0.15) is 0 Å². The van der Waals surface area contributed by atoms with E-state index in [0.717, 1.165) is 32.1 Å². The lowest BCUT2D eigenvalue weighted by Gasteiger charge is -2.24. The third kappa shape index (κ3) is 40.3. The van der Waals surface area contributed by atoms with Crippen LogP contribution < -0.4 is 0 Å². The lowest BCUT2D eigenvalue weighted by molar-refractivity contribution is -0.870. The number of rotatable bonds is 40. The molecule has 8 nitrogen and oxygen atoms in total. The Hall–Kier alpha value is -0.760. The molecule has 0 amide bonds. The Morgan fingerprint density at radius 2 is 1.04 bits per heavy atom. The van der Waals surface area contributed by atoms with E-state index in [1.807, 2.05) is 21.1 Å². The molecule has 0 spiro atoms. The molecular weight excluding hydrogens is 661 g/mol. The van der Waals surface area contributed by atoms with Crippen molar-refractivity contribution in [2.45, 2.75) is 200 Å². The second kappa shape index (κ2) is 36.2. The predicted octanol–water partition coefficient (Wildman–Crippen LogP) is 12.3. The van der Waals surface area contributed by atoms with Gasteiger partial charge in [-0.25, -0.2) is 4.57 Å². The molecule has 0 aromatic rings. The smallest absolute Gasteiger partial charge is 0.457 e. The predicted molar refractivity (Wildman–Crippen MR) is 215 cm³/mol. The normalized spacial score (nSPS) is 13.9. The zero-order valence-corrected chi connectivity index (χ0v) is 35.3. The fourth-order valence-electron chi connectivity index (χ4n) is 5.95. The van der Waals surface area contributed by atoms with Gasteiger partial charge < -0.3 is 18.9 Å². The van der Waals surface area contributed by atoms with Crippen molar-refractivity contribution >= 4 is 13.8 Å². The molecule has 0 heterocycles. The van der Waals surface area contributed by atoms with Gasteiger partial charge in [0, 0.05) is 13.0 Å². The summed E-state index contributed by atoms with van der Waals surface area (Å²) in [6.07, 6.45) is 38.1. The van der Waals surface area contributed by atoms with Crippen LogP contribution in [-0.2, 0) is 27.9 Å². The van der Waals surface area contributed by atoms with Crippen molar-refractivity contribution in [3.8, 4) is 0 Å². The van der Waals surface area contributed by atoms with Gasteiger partial charge in [0.05, 0.1) is 34.4 Å². The van der Waals surface area contributed by atoms with Gasteiger partial charge in [-0.15, -0.1) is 0 Å². The number of ether oxygens (including phenoxy) is 2. The van der Waals surface area contributed by atoms with Crippen molar-refractivity contribution in [1.82, 2.24) is 0 Å². The van der Waals surface area contributed by atoms with Crippen molar-refractivity contribution in [2.24, 2.45) is 0 Å². The molecule has 51 heavy (non-hydrogen) atoms. The summed E-state index contributed by atoms with van der Waals surface area (Å²) in [5.41, 5.74) is 0. The number of allylic oxidation sites excluding steroid dienone is 2. The molecule has 0 aliphatic carbocycles. The molecule has 2 unspecified atom stereocenters. The minimum Gasteiger partial charge on any atom is -0.457 e. The van der Waals surface area contributed by atoms with Crippen LogP contribution in [0, 0.1) is 0 Å². The summed E-state index contributed by atoms with van der Waals surface area (Å²) in [6, 6.07) is 0. The number of nitrogens with zero attached hydrogens (tertiary/aromatic N) is 1. The van der Waals surface area contributed by atoms with Gasteiger partial charge in [0.25, 0.3) is 0 Å². The zero-order chi connectivity index (χ0) is 37.7. The van der Waals surface area contributed by atoms with E-state index in [0.29, 0.717) is 24.1 Å². The zero-order valence-electron chi connectivity index (χ0n) is 34.4. The Balaban J connectivity index is 4.20. The van der Waals surface area contributed by atoms with Crippen molar-refractivity contribution in [3.05, 3.63) is 12.2 Å². The molecule has 0 aliphatic heterocycles. The van der Waals surface area contributed by atoms with Crippen LogP contribution in [-0.4, -0.2) is 75.6 Å². The average molecular weight is 747 g/mol. The quantitative estimate of drug-likeness (QED) is 0.0219. The minimum absolute atomic E-state index is 0.0905. The van der Waals surface area contributed by atoms with Crippen LogP contribution in [0.4, 0.5) is 0 Å². The van der Waals surface area contributed by atoms with Crippen molar-refractivity contribution < 1.29 is 37.3 Å². The second-order valence-electron chi connectivity index (χ2n) is 15.7. The molecule has 0 rings (SSSR count). The number of carbonyl (C=O) groups excluding carboxylic acids is 1. The fourth-order valence-corrected chi connectivity index (χ4v) is 6.69. The van der Waals surface area contributed by atoms with Crippen molar-refractivity contribution in [1.29, 1.82) is 0 Å². The summed E-state index contributed by atoms with van der Waals surface area (Å²) in [7, 11) is 1.67. The maximum Gasteiger partial charge on any atom is 0.472 e. The van der Waals surface area contributed by atoms with Crippen molar-refractivity contribution in [2.75, 3.05) is 54.1 Å². The summed E-state index contributed by atoms with van der Waals surface area (Å²) in [4.78, 5) is 22.8. The van der Waals surface area contributed by atoms with Crippen molar-refractivity contribution in [3.63, 3.8) is 0 Å². The molecule has 0 aromatic carbocycles. The maximum atomic E-state index is 12.7. The summed E-state index contributed by atoms with van der Waals surface area (Å²) in [5.74, 6) is -0.313. The highest BCUT2D eigenvalue weighted by Gasteiger charge is 2.26. The van der Waals surface area contributed by atoms with Gasteiger partial charge >= 0.3 is 13.8 Å². The van der Waals surface area contributed by atoms with Crippen LogP contribution in [0.1, 0.15) is 194 Å². The molecule has 0 aromatic heterocycles. The van der Waals surface area contributed by atoms with Gasteiger partial charge in [0.2, 0.25) is 0 Å². The van der Waals surface area contributed by atoms with E-state index < -0.39 is 13.9 Å². The third-order valence-electron chi connectivity index (χ3n) is 9.33. The third-order valence-corrected chi connectivity index (χ3v) is 10.3. The number of unbranched alkanes of at least 4 members (excludes halogenated alkanes) is 24. The number of likely N-dealkylation sites (N-methyl/N-ethyl adjacent to an activating group) is 1. The molecule has 0 radical (unpaired) electrons. The number of hydrogen-bond donors (Lipinski definition) is 1. The Labute approximate surface area is 316 Å². The number of phosphoric ester groups is 1. The number of esters is 1. The SMILES string of the molecule is CCCC/C=C\CCCCCCCCOCC(COP(=O)(O)OCC[N+](C)(C)C)OC(=O)CCCCCCCCCCCCCCCCCCC. The lowest BCUT2D eigenvalue weighted by Crippen LogP contribution is -2.37. The summed E-state index contributed by atoms with van der Waals surface area (Å²) < 4.78 is 34.9. The molecule has 304 valence electrons. The monoisotopic (exact) mass is 747 g/mol. The Kier molecular flexibility index (Phi) is 35.7. The summed E-state index contributed by atoms with van der Waals surface area (Å²) >= 11 is 0. The lowest BCUT2D eigenvalue weighted by atomic mass is 10.0. The van der Waals surface area contributed by atoms with Crippen LogP contribution in [0.3, 0.4) is 0 Å². The number of carbonyl (C=O) groups is 1. The number of phosphoric acid groups is 1. The Bertz CT molecular complexity index is 833. The van der Waals surface area contributed by atoms with E-state index in [4.69, 9.17) is 18.5 Å². The molecule has 0 saturated carbocycles. The van der Waals surface area contributed by atoms with E-state index in [9.17, 15) is 14.3 Å². The first kappa shape index (κ1) is 50.2. The van der Waals surface area contributed by atoms with Gasteiger partial charge in [-0.3, -0.25) is 13.8 Å².